The minimum absolute atomic E-state index is 0.510. The second-order valence-electron chi connectivity index (χ2n) is 4.12. The number of rotatable bonds is 3. The molecule has 0 saturated carbocycles. The Hall–Kier alpha value is -1.92. The Morgan fingerprint density at radius 2 is 2.00 bits per heavy atom. The summed E-state index contributed by atoms with van der Waals surface area (Å²) in [5.41, 5.74) is 3.75. The third kappa shape index (κ3) is 2.34. The van der Waals surface area contributed by atoms with E-state index in [1.54, 1.807) is 0 Å². The van der Waals surface area contributed by atoms with Crippen molar-refractivity contribution in [3.63, 3.8) is 0 Å². The molecule has 2 nitrogen and oxygen atoms in total. The summed E-state index contributed by atoms with van der Waals surface area (Å²) < 4.78 is 0.510. The average molecular weight is 254 g/mol. The molecule has 0 fully saturated rings. The van der Waals surface area contributed by atoms with E-state index in [9.17, 15) is 5.26 Å². The molecule has 0 aliphatic heterocycles. The lowest BCUT2D eigenvalue weighted by molar-refractivity contribution is 0.914. The highest BCUT2D eigenvalue weighted by molar-refractivity contribution is 7.71. The Morgan fingerprint density at radius 3 is 2.61 bits per heavy atom. The molecule has 0 amide bonds. The Kier molecular flexibility index (Phi) is 3.91. The first-order valence-corrected chi connectivity index (χ1v) is 6.38. The summed E-state index contributed by atoms with van der Waals surface area (Å²) in [6, 6.07) is 12.2. The molecule has 1 aromatic heterocycles. The number of hydrogen-bond donors (Lipinski definition) is 1. The normalized spacial score (nSPS) is 10.0. The van der Waals surface area contributed by atoms with Gasteiger partial charge in [0.15, 0.2) is 0 Å². The molecule has 18 heavy (non-hydrogen) atoms. The predicted molar refractivity (Wildman–Crippen MR) is 75.8 cm³/mol. The highest BCUT2D eigenvalue weighted by Crippen LogP contribution is 2.28. The topological polar surface area (TPSA) is 39.6 Å². The SMILES string of the molecule is CCCc1c[nH]c(=S)c(C#N)c1-c1ccccc1. The van der Waals surface area contributed by atoms with Crippen molar-refractivity contribution in [1.82, 2.24) is 4.98 Å². The van der Waals surface area contributed by atoms with Crippen molar-refractivity contribution in [2.45, 2.75) is 19.8 Å². The quantitative estimate of drug-likeness (QED) is 0.832. The van der Waals surface area contributed by atoms with Gasteiger partial charge < -0.3 is 4.98 Å². The number of pyridine rings is 1. The lowest BCUT2D eigenvalue weighted by Gasteiger charge is -2.11. The third-order valence-electron chi connectivity index (χ3n) is 2.87. The number of H-pyrrole nitrogens is 1. The van der Waals surface area contributed by atoms with Crippen LogP contribution in [0.15, 0.2) is 36.5 Å². The number of benzene rings is 1. The Bertz CT molecular complexity index is 636. The van der Waals surface area contributed by atoms with Gasteiger partial charge in [-0.2, -0.15) is 5.26 Å². The van der Waals surface area contributed by atoms with Crippen LogP contribution in [0.2, 0.25) is 0 Å². The van der Waals surface area contributed by atoms with Crippen LogP contribution in [-0.4, -0.2) is 4.98 Å². The molecule has 0 aliphatic rings. The monoisotopic (exact) mass is 254 g/mol. The molecule has 1 aromatic carbocycles. The molecule has 0 unspecified atom stereocenters. The Labute approximate surface area is 112 Å². The van der Waals surface area contributed by atoms with Crippen molar-refractivity contribution in [3.05, 3.63) is 52.3 Å². The van der Waals surface area contributed by atoms with E-state index in [4.69, 9.17) is 12.2 Å². The van der Waals surface area contributed by atoms with E-state index >= 15 is 0 Å². The summed E-state index contributed by atoms with van der Waals surface area (Å²) in [6.07, 6.45) is 3.90. The standard InChI is InChI=1S/C15H14N2S/c1-2-6-12-10-17-15(18)13(9-16)14(12)11-7-4-3-5-8-11/h3-5,7-8,10H,2,6H2,1H3,(H,17,18). The van der Waals surface area contributed by atoms with Gasteiger partial charge in [-0.05, 0) is 17.5 Å². The number of aryl methyl sites for hydroxylation is 1. The number of nitrogens with zero attached hydrogens (tertiary/aromatic N) is 1. The number of aromatic nitrogens is 1. The molecule has 1 N–H and O–H groups in total. The summed E-state index contributed by atoms with van der Waals surface area (Å²) in [5.74, 6) is 0. The van der Waals surface area contributed by atoms with E-state index in [1.807, 2.05) is 36.5 Å². The largest absolute Gasteiger partial charge is 0.352 e. The van der Waals surface area contributed by atoms with Crippen LogP contribution in [0.3, 0.4) is 0 Å². The second-order valence-corrected chi connectivity index (χ2v) is 4.53. The molecule has 1 heterocycles. The van der Waals surface area contributed by atoms with Crippen molar-refractivity contribution < 1.29 is 0 Å². The molecule has 2 rings (SSSR count). The van der Waals surface area contributed by atoms with Crippen molar-refractivity contribution >= 4 is 12.2 Å². The van der Waals surface area contributed by atoms with Crippen LogP contribution in [0.25, 0.3) is 11.1 Å². The van der Waals surface area contributed by atoms with E-state index in [-0.39, 0.29) is 0 Å². The van der Waals surface area contributed by atoms with Crippen molar-refractivity contribution in [3.8, 4) is 17.2 Å². The van der Waals surface area contributed by atoms with Gasteiger partial charge >= 0.3 is 0 Å². The number of aromatic amines is 1. The number of nitrogens with one attached hydrogen (secondary N) is 1. The van der Waals surface area contributed by atoms with Crippen LogP contribution in [0.5, 0.6) is 0 Å². The average Bonchev–Trinajstić information content (AvgIpc) is 2.41. The number of nitriles is 1. The van der Waals surface area contributed by atoms with E-state index in [2.05, 4.69) is 18.0 Å². The van der Waals surface area contributed by atoms with Gasteiger partial charge in [-0.1, -0.05) is 55.9 Å². The maximum atomic E-state index is 9.32. The fourth-order valence-electron chi connectivity index (χ4n) is 2.08. The first kappa shape index (κ1) is 12.5. The van der Waals surface area contributed by atoms with Gasteiger partial charge in [0.25, 0.3) is 0 Å². The highest BCUT2D eigenvalue weighted by Gasteiger charge is 2.11. The minimum Gasteiger partial charge on any atom is -0.352 e. The van der Waals surface area contributed by atoms with E-state index in [1.165, 1.54) is 0 Å². The molecule has 0 radical (unpaired) electrons. The van der Waals surface area contributed by atoms with Gasteiger partial charge in [0.05, 0.1) is 5.56 Å². The highest BCUT2D eigenvalue weighted by atomic mass is 32.1. The summed E-state index contributed by atoms with van der Waals surface area (Å²) in [7, 11) is 0. The minimum atomic E-state index is 0.510. The first-order valence-electron chi connectivity index (χ1n) is 5.98. The van der Waals surface area contributed by atoms with Gasteiger partial charge in [0, 0.05) is 11.8 Å². The van der Waals surface area contributed by atoms with Gasteiger partial charge in [-0.15, -0.1) is 0 Å². The smallest absolute Gasteiger partial charge is 0.121 e. The predicted octanol–water partition coefficient (Wildman–Crippen LogP) is 4.24. The van der Waals surface area contributed by atoms with E-state index in [0.717, 1.165) is 29.5 Å². The van der Waals surface area contributed by atoms with Crippen molar-refractivity contribution in [2.24, 2.45) is 0 Å². The third-order valence-corrected chi connectivity index (χ3v) is 3.19. The zero-order valence-electron chi connectivity index (χ0n) is 10.2. The van der Waals surface area contributed by atoms with Crippen LogP contribution in [0.1, 0.15) is 24.5 Å². The van der Waals surface area contributed by atoms with E-state index < -0.39 is 0 Å². The molecule has 0 spiro atoms. The zero-order valence-corrected chi connectivity index (χ0v) is 11.1. The summed E-state index contributed by atoms with van der Waals surface area (Å²) in [4.78, 5) is 3.01. The molecular weight excluding hydrogens is 240 g/mol. The van der Waals surface area contributed by atoms with Crippen LogP contribution >= 0.6 is 12.2 Å². The molecule has 2 aromatic rings. The summed E-state index contributed by atoms with van der Waals surface area (Å²) in [5, 5.41) is 9.32. The van der Waals surface area contributed by atoms with Gasteiger partial charge in [-0.3, -0.25) is 0 Å². The Morgan fingerprint density at radius 1 is 1.28 bits per heavy atom. The lowest BCUT2D eigenvalue weighted by atomic mass is 9.95. The molecule has 0 atom stereocenters. The number of hydrogen-bond acceptors (Lipinski definition) is 2. The fourth-order valence-corrected chi connectivity index (χ4v) is 2.29. The van der Waals surface area contributed by atoms with Gasteiger partial charge in [0.2, 0.25) is 0 Å². The molecule has 3 heteroatoms. The van der Waals surface area contributed by atoms with Crippen molar-refractivity contribution in [1.29, 1.82) is 5.26 Å². The molecule has 0 aliphatic carbocycles. The molecule has 0 saturated heterocycles. The maximum Gasteiger partial charge on any atom is 0.121 e. The maximum absolute atomic E-state index is 9.32. The van der Waals surface area contributed by atoms with E-state index in [0.29, 0.717) is 10.2 Å². The van der Waals surface area contributed by atoms with Crippen LogP contribution in [0, 0.1) is 16.0 Å². The summed E-state index contributed by atoms with van der Waals surface area (Å²) >= 11 is 5.20. The first-order chi connectivity index (χ1) is 8.77. The van der Waals surface area contributed by atoms with Gasteiger partial charge in [-0.25, -0.2) is 0 Å². The second kappa shape index (κ2) is 5.61. The van der Waals surface area contributed by atoms with Crippen LogP contribution in [-0.2, 0) is 6.42 Å². The summed E-state index contributed by atoms with van der Waals surface area (Å²) in [6.45, 7) is 2.13. The zero-order chi connectivity index (χ0) is 13.0. The van der Waals surface area contributed by atoms with Crippen LogP contribution in [0.4, 0.5) is 0 Å². The van der Waals surface area contributed by atoms with Crippen LogP contribution < -0.4 is 0 Å². The molecule has 0 bridgehead atoms. The molecule has 90 valence electrons. The molecular formula is C15H14N2S. The van der Waals surface area contributed by atoms with Crippen molar-refractivity contribution in [2.75, 3.05) is 0 Å². The lowest BCUT2D eigenvalue weighted by Crippen LogP contribution is -1.96. The Balaban J connectivity index is 2.74. The fraction of sp³-hybridized carbons (Fsp3) is 0.200. The van der Waals surface area contributed by atoms with Gasteiger partial charge in [0.1, 0.15) is 10.7 Å².